The second-order valence-corrected chi connectivity index (χ2v) is 7.12. The minimum atomic E-state index is -1.02. The van der Waals surface area contributed by atoms with Crippen molar-refractivity contribution < 1.29 is 19.1 Å². The van der Waals surface area contributed by atoms with Crippen LogP contribution in [0.3, 0.4) is 0 Å². The first-order chi connectivity index (χ1) is 13.9. The van der Waals surface area contributed by atoms with Crippen LogP contribution in [0.15, 0.2) is 72.8 Å². The molecule has 0 amide bonds. The van der Waals surface area contributed by atoms with Gasteiger partial charge in [0.1, 0.15) is 5.75 Å². The highest BCUT2D eigenvalue weighted by atomic mass is 16.6. The van der Waals surface area contributed by atoms with Gasteiger partial charge in [-0.3, -0.25) is 4.79 Å². The SMILES string of the molecule is Cc1ccc(C(=O)C(OC(=O)COc2cccc(C)c2)c2ccc(C)cc2)cc1. The van der Waals surface area contributed by atoms with Crippen molar-refractivity contribution >= 4 is 11.8 Å². The van der Waals surface area contributed by atoms with Crippen LogP contribution in [-0.2, 0) is 9.53 Å². The highest BCUT2D eigenvalue weighted by Gasteiger charge is 2.26. The summed E-state index contributed by atoms with van der Waals surface area (Å²) in [5.41, 5.74) is 4.27. The van der Waals surface area contributed by atoms with Crippen LogP contribution in [0.25, 0.3) is 0 Å². The molecule has 29 heavy (non-hydrogen) atoms. The van der Waals surface area contributed by atoms with Crippen molar-refractivity contribution in [2.75, 3.05) is 6.61 Å². The van der Waals surface area contributed by atoms with Gasteiger partial charge in [-0.15, -0.1) is 0 Å². The maximum absolute atomic E-state index is 13.1. The fraction of sp³-hybridized carbons (Fsp3) is 0.200. The van der Waals surface area contributed by atoms with Gasteiger partial charge in [0.15, 0.2) is 12.7 Å². The maximum Gasteiger partial charge on any atom is 0.345 e. The fourth-order valence-corrected chi connectivity index (χ4v) is 2.90. The molecule has 3 aromatic rings. The van der Waals surface area contributed by atoms with E-state index in [0.29, 0.717) is 16.9 Å². The van der Waals surface area contributed by atoms with Gasteiger partial charge in [0.25, 0.3) is 0 Å². The van der Waals surface area contributed by atoms with E-state index in [0.717, 1.165) is 16.7 Å². The molecule has 3 rings (SSSR count). The first kappa shape index (κ1) is 20.3. The van der Waals surface area contributed by atoms with Crippen molar-refractivity contribution in [2.24, 2.45) is 0 Å². The van der Waals surface area contributed by atoms with Crippen molar-refractivity contribution in [3.05, 3.63) is 101 Å². The third kappa shape index (κ3) is 5.55. The number of benzene rings is 3. The van der Waals surface area contributed by atoms with E-state index in [4.69, 9.17) is 9.47 Å². The number of esters is 1. The first-order valence-corrected chi connectivity index (χ1v) is 9.49. The number of carbonyl (C=O) groups excluding carboxylic acids is 2. The number of aryl methyl sites for hydroxylation is 3. The molecular weight excluding hydrogens is 364 g/mol. The van der Waals surface area contributed by atoms with E-state index in [-0.39, 0.29) is 12.4 Å². The van der Waals surface area contributed by atoms with Gasteiger partial charge in [-0.05, 0) is 38.5 Å². The summed E-state index contributed by atoms with van der Waals surface area (Å²) in [6, 6.07) is 22.0. The standard InChI is InChI=1S/C25H24O4/c1-17-7-11-20(12-8-17)24(27)25(21-13-9-18(2)10-14-21)29-23(26)16-28-22-6-4-5-19(3)15-22/h4-15,25H,16H2,1-3H3. The molecule has 0 aliphatic rings. The van der Waals surface area contributed by atoms with E-state index in [1.54, 1.807) is 30.3 Å². The van der Waals surface area contributed by atoms with Crippen LogP contribution >= 0.6 is 0 Å². The Balaban J connectivity index is 1.77. The average molecular weight is 388 g/mol. The number of ketones is 1. The molecule has 4 heteroatoms. The molecule has 0 aliphatic heterocycles. The Hall–Kier alpha value is -3.40. The van der Waals surface area contributed by atoms with Crippen molar-refractivity contribution in [1.82, 2.24) is 0 Å². The second kappa shape index (κ2) is 9.20. The fourth-order valence-electron chi connectivity index (χ4n) is 2.90. The van der Waals surface area contributed by atoms with Gasteiger partial charge in [-0.25, -0.2) is 4.79 Å². The average Bonchev–Trinajstić information content (AvgIpc) is 2.71. The highest BCUT2D eigenvalue weighted by molar-refractivity contribution is 6.01. The number of hydrogen-bond acceptors (Lipinski definition) is 4. The Kier molecular flexibility index (Phi) is 6.45. The van der Waals surface area contributed by atoms with Crippen LogP contribution in [-0.4, -0.2) is 18.4 Å². The van der Waals surface area contributed by atoms with Crippen molar-refractivity contribution in [1.29, 1.82) is 0 Å². The van der Waals surface area contributed by atoms with E-state index in [2.05, 4.69) is 0 Å². The maximum atomic E-state index is 13.1. The molecule has 0 aromatic heterocycles. The summed E-state index contributed by atoms with van der Waals surface area (Å²) in [4.78, 5) is 25.5. The molecule has 0 aliphatic carbocycles. The van der Waals surface area contributed by atoms with Crippen LogP contribution in [0.2, 0.25) is 0 Å². The Morgan fingerprint density at radius 1 is 0.793 bits per heavy atom. The molecule has 4 nitrogen and oxygen atoms in total. The Morgan fingerprint density at radius 2 is 1.41 bits per heavy atom. The molecule has 3 aromatic carbocycles. The third-order valence-corrected chi connectivity index (χ3v) is 4.55. The number of hydrogen-bond donors (Lipinski definition) is 0. The largest absolute Gasteiger partial charge is 0.482 e. The number of ether oxygens (including phenoxy) is 2. The van der Waals surface area contributed by atoms with Crippen LogP contribution in [0.1, 0.15) is 38.7 Å². The lowest BCUT2D eigenvalue weighted by Crippen LogP contribution is -2.23. The summed E-state index contributed by atoms with van der Waals surface area (Å²) < 4.78 is 11.1. The molecule has 0 spiro atoms. The Labute approximate surface area is 171 Å². The Morgan fingerprint density at radius 3 is 2.03 bits per heavy atom. The van der Waals surface area contributed by atoms with Crippen molar-refractivity contribution in [3.63, 3.8) is 0 Å². The molecular formula is C25H24O4. The van der Waals surface area contributed by atoms with E-state index < -0.39 is 12.1 Å². The lowest BCUT2D eigenvalue weighted by atomic mass is 9.98. The van der Waals surface area contributed by atoms with Gasteiger partial charge < -0.3 is 9.47 Å². The summed E-state index contributed by atoms with van der Waals surface area (Å²) in [5.74, 6) is -0.283. The monoisotopic (exact) mass is 388 g/mol. The quantitative estimate of drug-likeness (QED) is 0.414. The molecule has 0 saturated heterocycles. The molecule has 1 atom stereocenters. The molecule has 0 saturated carbocycles. The summed E-state index contributed by atoms with van der Waals surface area (Å²) >= 11 is 0. The topological polar surface area (TPSA) is 52.6 Å². The molecule has 0 heterocycles. The van der Waals surface area contributed by atoms with Crippen molar-refractivity contribution in [3.8, 4) is 5.75 Å². The van der Waals surface area contributed by atoms with Crippen molar-refractivity contribution in [2.45, 2.75) is 26.9 Å². The molecule has 148 valence electrons. The number of carbonyl (C=O) groups is 2. The van der Waals surface area contributed by atoms with Gasteiger partial charge in [-0.1, -0.05) is 71.8 Å². The Bertz CT molecular complexity index is 988. The zero-order valence-corrected chi connectivity index (χ0v) is 16.8. The van der Waals surface area contributed by atoms with Gasteiger partial charge in [0.05, 0.1) is 0 Å². The first-order valence-electron chi connectivity index (χ1n) is 9.49. The van der Waals surface area contributed by atoms with Crippen LogP contribution in [0.4, 0.5) is 0 Å². The van der Waals surface area contributed by atoms with E-state index >= 15 is 0 Å². The second-order valence-electron chi connectivity index (χ2n) is 7.12. The predicted molar refractivity (Wildman–Crippen MR) is 112 cm³/mol. The molecule has 0 radical (unpaired) electrons. The third-order valence-electron chi connectivity index (χ3n) is 4.55. The predicted octanol–water partition coefficient (Wildman–Crippen LogP) is 5.16. The van der Waals surface area contributed by atoms with Gasteiger partial charge in [0, 0.05) is 11.1 Å². The summed E-state index contributed by atoms with van der Waals surface area (Å²) in [5, 5.41) is 0. The summed E-state index contributed by atoms with van der Waals surface area (Å²) in [6.07, 6.45) is -1.02. The number of rotatable bonds is 7. The summed E-state index contributed by atoms with van der Waals surface area (Å²) in [6.45, 7) is 5.59. The van der Waals surface area contributed by atoms with Gasteiger partial charge in [-0.2, -0.15) is 0 Å². The van der Waals surface area contributed by atoms with E-state index in [1.807, 2.05) is 63.2 Å². The summed E-state index contributed by atoms with van der Waals surface area (Å²) in [7, 11) is 0. The smallest absolute Gasteiger partial charge is 0.345 e. The van der Waals surface area contributed by atoms with Crippen LogP contribution in [0, 0.1) is 20.8 Å². The minimum Gasteiger partial charge on any atom is -0.482 e. The zero-order chi connectivity index (χ0) is 20.8. The zero-order valence-electron chi connectivity index (χ0n) is 16.8. The molecule has 0 fully saturated rings. The molecule has 0 bridgehead atoms. The van der Waals surface area contributed by atoms with E-state index in [9.17, 15) is 9.59 Å². The lowest BCUT2D eigenvalue weighted by Gasteiger charge is -2.18. The van der Waals surface area contributed by atoms with Gasteiger partial charge >= 0.3 is 5.97 Å². The van der Waals surface area contributed by atoms with E-state index in [1.165, 1.54) is 0 Å². The van der Waals surface area contributed by atoms with Gasteiger partial charge in [0.2, 0.25) is 5.78 Å². The molecule has 0 N–H and O–H groups in total. The van der Waals surface area contributed by atoms with Crippen LogP contribution in [0.5, 0.6) is 5.75 Å². The number of Topliss-reactive ketones (excluding diaryl/α,β-unsaturated/α-hetero) is 1. The molecule has 1 unspecified atom stereocenters. The van der Waals surface area contributed by atoms with Crippen LogP contribution < -0.4 is 4.74 Å². The minimum absolute atomic E-state index is 0.266. The lowest BCUT2D eigenvalue weighted by molar-refractivity contribution is -0.149. The highest BCUT2D eigenvalue weighted by Crippen LogP contribution is 2.24. The normalized spacial score (nSPS) is 11.6.